The molecule has 3 aliphatic rings. The fraction of sp³-hybridized carbons (Fsp3) is 0.444. The number of halogens is 1. The maximum atomic E-state index is 14.3. The molecule has 0 spiro atoms. The van der Waals surface area contributed by atoms with Gasteiger partial charge in [0, 0.05) is 23.2 Å². The first-order valence-electron chi connectivity index (χ1n) is 8.17. The van der Waals surface area contributed by atoms with E-state index in [1.807, 2.05) is 19.3 Å². The minimum Gasteiger partial charge on any atom is -0.350 e. The van der Waals surface area contributed by atoms with Gasteiger partial charge in [0.25, 0.3) is 0 Å². The Morgan fingerprint density at radius 2 is 2.17 bits per heavy atom. The Morgan fingerprint density at radius 1 is 1.42 bits per heavy atom. The highest BCUT2D eigenvalue weighted by atomic mass is 32.2. The summed E-state index contributed by atoms with van der Waals surface area (Å²) in [6.45, 7) is 6.18. The van der Waals surface area contributed by atoms with Crippen LogP contribution in [-0.2, 0) is 10.2 Å². The summed E-state index contributed by atoms with van der Waals surface area (Å²) in [7, 11) is 0. The third-order valence-electron chi connectivity index (χ3n) is 5.34. The molecule has 1 fully saturated rings. The minimum atomic E-state index is -0.771. The molecule has 1 atom stereocenters. The van der Waals surface area contributed by atoms with Crippen molar-refractivity contribution >= 4 is 22.8 Å². The number of hydrogen-bond acceptors (Lipinski definition) is 4. The highest BCUT2D eigenvalue weighted by molar-refractivity contribution is 8.16. The lowest BCUT2D eigenvalue weighted by Gasteiger charge is -2.23. The molecule has 0 aromatic heterocycles. The van der Waals surface area contributed by atoms with Crippen LogP contribution in [0.5, 0.6) is 0 Å². The Morgan fingerprint density at radius 3 is 2.88 bits per heavy atom. The van der Waals surface area contributed by atoms with Crippen molar-refractivity contribution < 1.29 is 9.18 Å². The second-order valence-electron chi connectivity index (χ2n) is 7.17. The van der Waals surface area contributed by atoms with Gasteiger partial charge in [-0.25, -0.2) is 4.39 Å². The van der Waals surface area contributed by atoms with Crippen molar-refractivity contribution in [2.24, 2.45) is 10.4 Å². The van der Waals surface area contributed by atoms with Crippen molar-refractivity contribution in [3.05, 3.63) is 46.8 Å². The third kappa shape index (κ3) is 2.19. The molecule has 1 amide bonds. The van der Waals surface area contributed by atoms with Crippen LogP contribution in [0.3, 0.4) is 0 Å². The minimum absolute atomic E-state index is 0.0897. The lowest BCUT2D eigenvalue weighted by atomic mass is 9.86. The van der Waals surface area contributed by atoms with Crippen molar-refractivity contribution in [2.75, 3.05) is 19.6 Å². The highest BCUT2D eigenvalue weighted by Gasteiger charge is 2.67. The number of amides is 1. The first kappa shape index (κ1) is 15.7. The van der Waals surface area contributed by atoms with Crippen LogP contribution in [0.2, 0.25) is 0 Å². The third-order valence-corrected chi connectivity index (χ3v) is 6.29. The SMILES string of the molecule is CC1(C)C[C@@]1(C(=O)NCC1=CSC2=NCCN12)c1ccccc1F. The molecular weight excluding hydrogens is 325 g/mol. The van der Waals surface area contributed by atoms with E-state index in [2.05, 4.69) is 15.2 Å². The molecule has 1 saturated carbocycles. The van der Waals surface area contributed by atoms with Gasteiger partial charge < -0.3 is 10.2 Å². The molecule has 2 aliphatic heterocycles. The summed E-state index contributed by atoms with van der Waals surface area (Å²) in [5.41, 5.74) is 0.558. The molecule has 1 aromatic carbocycles. The van der Waals surface area contributed by atoms with Crippen LogP contribution in [0.25, 0.3) is 0 Å². The van der Waals surface area contributed by atoms with Crippen LogP contribution >= 0.6 is 11.8 Å². The molecule has 6 heteroatoms. The van der Waals surface area contributed by atoms with Gasteiger partial charge in [-0.15, -0.1) is 0 Å². The molecule has 4 nitrogen and oxygen atoms in total. The van der Waals surface area contributed by atoms with E-state index in [0.717, 1.165) is 24.0 Å². The van der Waals surface area contributed by atoms with E-state index < -0.39 is 5.41 Å². The van der Waals surface area contributed by atoms with E-state index in [4.69, 9.17) is 0 Å². The van der Waals surface area contributed by atoms with Crippen LogP contribution in [0.15, 0.2) is 40.4 Å². The lowest BCUT2D eigenvalue weighted by molar-refractivity contribution is -0.124. The molecule has 1 N–H and O–H groups in total. The number of benzene rings is 1. The van der Waals surface area contributed by atoms with E-state index in [0.29, 0.717) is 18.5 Å². The zero-order valence-corrected chi connectivity index (χ0v) is 14.6. The number of fused-ring (bicyclic) bond motifs is 1. The molecule has 1 aromatic rings. The molecule has 0 bridgehead atoms. The van der Waals surface area contributed by atoms with E-state index in [1.165, 1.54) is 6.07 Å². The average molecular weight is 345 g/mol. The van der Waals surface area contributed by atoms with Crippen LogP contribution in [0, 0.1) is 11.2 Å². The van der Waals surface area contributed by atoms with Gasteiger partial charge in [-0.2, -0.15) is 0 Å². The monoisotopic (exact) mass is 345 g/mol. The number of nitrogens with one attached hydrogen (secondary N) is 1. The number of thioether (sulfide) groups is 1. The summed E-state index contributed by atoms with van der Waals surface area (Å²) in [4.78, 5) is 19.5. The van der Waals surface area contributed by atoms with Gasteiger partial charge in [0.2, 0.25) is 5.91 Å². The van der Waals surface area contributed by atoms with Crippen molar-refractivity contribution in [2.45, 2.75) is 25.7 Å². The largest absolute Gasteiger partial charge is 0.350 e. The van der Waals surface area contributed by atoms with Gasteiger partial charge in [0.15, 0.2) is 5.17 Å². The highest BCUT2D eigenvalue weighted by Crippen LogP contribution is 2.64. The topological polar surface area (TPSA) is 44.7 Å². The zero-order chi connectivity index (χ0) is 16.9. The normalized spacial score (nSPS) is 26.7. The van der Waals surface area contributed by atoms with Gasteiger partial charge in [0.05, 0.1) is 18.5 Å². The molecule has 2 heterocycles. The van der Waals surface area contributed by atoms with Crippen LogP contribution in [-0.4, -0.2) is 35.6 Å². The van der Waals surface area contributed by atoms with Gasteiger partial charge in [-0.05, 0) is 17.9 Å². The molecule has 0 unspecified atom stereocenters. The summed E-state index contributed by atoms with van der Waals surface area (Å²) < 4.78 is 14.3. The van der Waals surface area contributed by atoms with Crippen molar-refractivity contribution in [3.8, 4) is 0 Å². The van der Waals surface area contributed by atoms with Crippen LogP contribution in [0.4, 0.5) is 4.39 Å². The van der Waals surface area contributed by atoms with Crippen molar-refractivity contribution in [3.63, 3.8) is 0 Å². The van der Waals surface area contributed by atoms with Gasteiger partial charge in [0.1, 0.15) is 5.82 Å². The second-order valence-corrected chi connectivity index (χ2v) is 8.01. The molecule has 126 valence electrons. The first-order valence-corrected chi connectivity index (χ1v) is 9.05. The molecule has 24 heavy (non-hydrogen) atoms. The van der Waals surface area contributed by atoms with E-state index in [-0.39, 0.29) is 17.1 Å². The summed E-state index contributed by atoms with van der Waals surface area (Å²) in [5, 5.41) is 6.08. The Balaban J connectivity index is 1.52. The maximum absolute atomic E-state index is 14.3. The average Bonchev–Trinajstić information content (AvgIpc) is 2.90. The fourth-order valence-corrected chi connectivity index (χ4v) is 4.79. The number of nitrogens with zero attached hydrogens (tertiary/aromatic N) is 2. The second kappa shape index (κ2) is 5.34. The number of carbonyl (C=O) groups excluding carboxylic acids is 1. The van der Waals surface area contributed by atoms with Gasteiger partial charge >= 0.3 is 0 Å². The predicted octanol–water partition coefficient (Wildman–Crippen LogP) is 2.87. The summed E-state index contributed by atoms with van der Waals surface area (Å²) in [6, 6.07) is 6.63. The van der Waals surface area contributed by atoms with Gasteiger partial charge in [-0.3, -0.25) is 9.79 Å². The quantitative estimate of drug-likeness (QED) is 0.913. The smallest absolute Gasteiger partial charge is 0.231 e. The number of rotatable bonds is 4. The van der Waals surface area contributed by atoms with Gasteiger partial charge in [-0.1, -0.05) is 43.8 Å². The van der Waals surface area contributed by atoms with E-state index in [1.54, 1.807) is 30.0 Å². The van der Waals surface area contributed by atoms with Crippen molar-refractivity contribution in [1.82, 2.24) is 10.2 Å². The molecule has 4 rings (SSSR count). The molecule has 0 radical (unpaired) electrons. The van der Waals surface area contributed by atoms with E-state index >= 15 is 0 Å². The molecule has 1 aliphatic carbocycles. The maximum Gasteiger partial charge on any atom is 0.231 e. The molecule has 0 saturated heterocycles. The first-order chi connectivity index (χ1) is 11.5. The predicted molar refractivity (Wildman–Crippen MR) is 94.2 cm³/mol. The summed E-state index contributed by atoms with van der Waals surface area (Å²) in [5.74, 6) is -0.393. The Kier molecular flexibility index (Phi) is 3.49. The lowest BCUT2D eigenvalue weighted by Crippen LogP contribution is -2.40. The number of aliphatic imine (C=N–C) groups is 1. The number of hydrogen-bond donors (Lipinski definition) is 1. The van der Waals surface area contributed by atoms with E-state index in [9.17, 15) is 9.18 Å². The molecular formula is C18H20FN3OS. The Labute approximate surface area is 145 Å². The van der Waals surface area contributed by atoms with Crippen molar-refractivity contribution in [1.29, 1.82) is 0 Å². The fourth-order valence-electron chi connectivity index (χ4n) is 3.83. The number of carbonyl (C=O) groups is 1. The number of amidine groups is 1. The summed E-state index contributed by atoms with van der Waals surface area (Å²) in [6.07, 6.45) is 0.664. The summed E-state index contributed by atoms with van der Waals surface area (Å²) >= 11 is 1.60. The zero-order valence-electron chi connectivity index (χ0n) is 13.8. The van der Waals surface area contributed by atoms with Crippen LogP contribution < -0.4 is 5.32 Å². The Bertz CT molecular complexity index is 773. The Hall–Kier alpha value is -1.82. The standard InChI is InChI=1S/C18H20FN3OS/c1-17(2)11-18(17,13-5-3-4-6-14(13)19)15(23)21-9-12-10-24-16-20-7-8-22(12)16/h3-6,10H,7-9,11H2,1-2H3,(H,21,23)/t18-/m0/s1. The van der Waals surface area contributed by atoms with Crippen LogP contribution in [0.1, 0.15) is 25.8 Å².